The number of carbonyl (C=O) groups excluding carboxylic acids is 1. The van der Waals surface area contributed by atoms with E-state index in [0.29, 0.717) is 6.42 Å². The van der Waals surface area contributed by atoms with Gasteiger partial charge in [-0.15, -0.1) is 12.3 Å². The van der Waals surface area contributed by atoms with Gasteiger partial charge < -0.3 is 11.1 Å². The third-order valence-electron chi connectivity index (χ3n) is 3.74. The topological polar surface area (TPSA) is 55.1 Å². The van der Waals surface area contributed by atoms with Gasteiger partial charge in [-0.1, -0.05) is 13.3 Å². The molecule has 1 fully saturated rings. The highest BCUT2D eigenvalue weighted by Crippen LogP contribution is 2.36. The van der Waals surface area contributed by atoms with Crippen molar-refractivity contribution < 1.29 is 4.79 Å². The lowest BCUT2D eigenvalue weighted by molar-refractivity contribution is -0.131. The molecule has 0 heterocycles. The quantitative estimate of drug-likeness (QED) is 0.707. The molecule has 3 heteroatoms. The van der Waals surface area contributed by atoms with E-state index in [-0.39, 0.29) is 18.0 Å². The van der Waals surface area contributed by atoms with Crippen molar-refractivity contribution in [3.63, 3.8) is 0 Å². The van der Waals surface area contributed by atoms with Gasteiger partial charge in [-0.2, -0.15) is 0 Å². The largest absolute Gasteiger partial charge is 0.352 e. The van der Waals surface area contributed by atoms with E-state index in [1.165, 1.54) is 0 Å². The van der Waals surface area contributed by atoms with Gasteiger partial charge in [0.25, 0.3) is 0 Å². The maximum atomic E-state index is 12.2. The van der Waals surface area contributed by atoms with Crippen molar-refractivity contribution in [2.24, 2.45) is 11.1 Å². The average molecular weight is 222 g/mol. The highest BCUT2D eigenvalue weighted by atomic mass is 16.2. The van der Waals surface area contributed by atoms with E-state index in [1.807, 2.05) is 13.8 Å². The Labute approximate surface area is 98.2 Å². The number of terminal acetylenes is 1. The second-order valence-electron chi connectivity index (χ2n) is 4.90. The van der Waals surface area contributed by atoms with E-state index in [0.717, 1.165) is 25.7 Å². The fourth-order valence-corrected chi connectivity index (χ4v) is 2.27. The number of carbonyl (C=O) groups is 1. The monoisotopic (exact) mass is 222 g/mol. The molecule has 0 aromatic carbocycles. The number of hydrogen-bond donors (Lipinski definition) is 2. The number of amides is 1. The summed E-state index contributed by atoms with van der Waals surface area (Å²) in [5.41, 5.74) is 5.60. The highest BCUT2D eigenvalue weighted by Gasteiger charge is 2.43. The first-order valence-electron chi connectivity index (χ1n) is 6.04. The normalized spacial score (nSPS) is 30.8. The third-order valence-corrected chi connectivity index (χ3v) is 3.74. The minimum atomic E-state index is -0.401. The molecule has 1 aliphatic rings. The second kappa shape index (κ2) is 5.36. The molecular weight excluding hydrogens is 200 g/mol. The van der Waals surface area contributed by atoms with Crippen molar-refractivity contribution in [3.05, 3.63) is 0 Å². The van der Waals surface area contributed by atoms with Crippen LogP contribution >= 0.6 is 0 Å². The molecule has 0 saturated heterocycles. The summed E-state index contributed by atoms with van der Waals surface area (Å²) in [5.74, 6) is 2.66. The molecule has 1 amide bonds. The zero-order valence-electron chi connectivity index (χ0n) is 10.3. The predicted molar refractivity (Wildman–Crippen MR) is 65.6 cm³/mol. The molecule has 1 aliphatic carbocycles. The molecule has 3 nitrogen and oxygen atoms in total. The van der Waals surface area contributed by atoms with Crippen LogP contribution in [0.2, 0.25) is 0 Å². The minimum absolute atomic E-state index is 0.0177. The molecule has 3 unspecified atom stereocenters. The summed E-state index contributed by atoms with van der Waals surface area (Å²) in [6, 6.07) is 0.0676. The maximum absolute atomic E-state index is 12.2. The summed E-state index contributed by atoms with van der Waals surface area (Å²) in [6.45, 7) is 3.99. The molecule has 0 spiro atoms. The SMILES string of the molecule is C#CCC(CC)NC(=O)C1(C)CCCC1N. The van der Waals surface area contributed by atoms with Crippen molar-refractivity contribution >= 4 is 5.91 Å². The Morgan fingerprint density at radius 2 is 2.44 bits per heavy atom. The van der Waals surface area contributed by atoms with Crippen LogP contribution in [0, 0.1) is 17.8 Å². The Morgan fingerprint density at radius 3 is 2.88 bits per heavy atom. The van der Waals surface area contributed by atoms with E-state index in [9.17, 15) is 4.79 Å². The molecule has 3 N–H and O–H groups in total. The molecule has 0 aliphatic heterocycles. The Balaban J connectivity index is 2.60. The van der Waals surface area contributed by atoms with Gasteiger partial charge in [0, 0.05) is 18.5 Å². The zero-order valence-corrected chi connectivity index (χ0v) is 10.3. The first kappa shape index (κ1) is 13.1. The molecule has 1 saturated carbocycles. The first-order valence-corrected chi connectivity index (χ1v) is 6.04. The van der Waals surface area contributed by atoms with E-state index in [4.69, 9.17) is 12.2 Å². The van der Waals surface area contributed by atoms with Crippen LogP contribution in [-0.2, 0) is 4.79 Å². The summed E-state index contributed by atoms with van der Waals surface area (Å²) < 4.78 is 0. The van der Waals surface area contributed by atoms with Gasteiger partial charge in [0.1, 0.15) is 0 Å². The van der Waals surface area contributed by atoms with Crippen molar-refractivity contribution in [1.82, 2.24) is 5.32 Å². The molecule has 90 valence electrons. The number of nitrogens with one attached hydrogen (secondary N) is 1. The number of nitrogens with two attached hydrogens (primary N) is 1. The van der Waals surface area contributed by atoms with Crippen molar-refractivity contribution in [2.75, 3.05) is 0 Å². The lowest BCUT2D eigenvalue weighted by Gasteiger charge is -2.29. The van der Waals surface area contributed by atoms with Gasteiger partial charge in [0.05, 0.1) is 5.41 Å². The Hall–Kier alpha value is -1.01. The van der Waals surface area contributed by atoms with Crippen LogP contribution in [0.25, 0.3) is 0 Å². The average Bonchev–Trinajstić information content (AvgIpc) is 2.60. The minimum Gasteiger partial charge on any atom is -0.352 e. The van der Waals surface area contributed by atoms with Crippen LogP contribution in [0.15, 0.2) is 0 Å². The van der Waals surface area contributed by atoms with E-state index < -0.39 is 5.41 Å². The molecule has 0 aromatic heterocycles. The predicted octanol–water partition coefficient (Wildman–Crippen LogP) is 1.42. The Bertz CT molecular complexity index is 295. The molecule has 16 heavy (non-hydrogen) atoms. The molecular formula is C13H22N2O. The second-order valence-corrected chi connectivity index (χ2v) is 4.90. The smallest absolute Gasteiger partial charge is 0.227 e. The lowest BCUT2D eigenvalue weighted by Crippen LogP contribution is -2.50. The standard InChI is InChI=1S/C13H22N2O/c1-4-7-10(5-2)15-12(16)13(3)9-6-8-11(13)14/h1,10-11H,5-9,14H2,2-3H3,(H,15,16). The third kappa shape index (κ3) is 2.56. The molecule has 0 bridgehead atoms. The Morgan fingerprint density at radius 1 is 1.75 bits per heavy atom. The van der Waals surface area contributed by atoms with Crippen LogP contribution in [0.1, 0.15) is 46.0 Å². The fourth-order valence-electron chi connectivity index (χ4n) is 2.27. The molecule has 3 atom stereocenters. The lowest BCUT2D eigenvalue weighted by atomic mass is 9.84. The van der Waals surface area contributed by atoms with Crippen LogP contribution in [-0.4, -0.2) is 18.0 Å². The maximum Gasteiger partial charge on any atom is 0.227 e. The van der Waals surface area contributed by atoms with Gasteiger partial charge in [-0.3, -0.25) is 4.79 Å². The van der Waals surface area contributed by atoms with Gasteiger partial charge in [-0.25, -0.2) is 0 Å². The summed E-state index contributed by atoms with van der Waals surface area (Å²) in [6.07, 6.45) is 9.58. The zero-order chi connectivity index (χ0) is 12.2. The summed E-state index contributed by atoms with van der Waals surface area (Å²) in [5, 5.41) is 3.02. The number of hydrogen-bond acceptors (Lipinski definition) is 2. The molecule has 1 rings (SSSR count). The van der Waals surface area contributed by atoms with Crippen molar-refractivity contribution in [3.8, 4) is 12.3 Å². The molecule has 0 aromatic rings. The van der Waals surface area contributed by atoms with Crippen molar-refractivity contribution in [1.29, 1.82) is 0 Å². The summed E-state index contributed by atoms with van der Waals surface area (Å²) >= 11 is 0. The first-order chi connectivity index (χ1) is 7.54. The van der Waals surface area contributed by atoms with Crippen LogP contribution in [0.5, 0.6) is 0 Å². The summed E-state index contributed by atoms with van der Waals surface area (Å²) in [4.78, 5) is 12.2. The van der Waals surface area contributed by atoms with Crippen LogP contribution < -0.4 is 11.1 Å². The highest BCUT2D eigenvalue weighted by molar-refractivity contribution is 5.83. The summed E-state index contributed by atoms with van der Waals surface area (Å²) in [7, 11) is 0. The van der Waals surface area contributed by atoms with Gasteiger partial charge in [0.2, 0.25) is 5.91 Å². The van der Waals surface area contributed by atoms with Gasteiger partial charge in [-0.05, 0) is 26.2 Å². The fraction of sp³-hybridized carbons (Fsp3) is 0.769. The van der Waals surface area contributed by atoms with E-state index >= 15 is 0 Å². The van der Waals surface area contributed by atoms with Gasteiger partial charge >= 0.3 is 0 Å². The Kier molecular flexibility index (Phi) is 4.37. The van der Waals surface area contributed by atoms with Crippen LogP contribution in [0.4, 0.5) is 0 Å². The van der Waals surface area contributed by atoms with E-state index in [2.05, 4.69) is 11.2 Å². The van der Waals surface area contributed by atoms with E-state index in [1.54, 1.807) is 0 Å². The van der Waals surface area contributed by atoms with Crippen LogP contribution in [0.3, 0.4) is 0 Å². The van der Waals surface area contributed by atoms with Gasteiger partial charge in [0.15, 0.2) is 0 Å². The van der Waals surface area contributed by atoms with Crippen molar-refractivity contribution in [2.45, 2.75) is 58.0 Å². The number of rotatable bonds is 4. The molecule has 0 radical (unpaired) electrons.